The van der Waals surface area contributed by atoms with Crippen molar-refractivity contribution < 1.29 is 0 Å². The van der Waals surface area contributed by atoms with Crippen molar-refractivity contribution in [2.45, 2.75) is 0 Å². The molecule has 50 heavy (non-hydrogen) atoms. The Bertz CT molecular complexity index is 2780. The van der Waals surface area contributed by atoms with E-state index in [2.05, 4.69) is 178 Å². The molecule has 9 rings (SSSR count). The Morgan fingerprint density at radius 1 is 0.300 bits per heavy atom. The fourth-order valence-corrected chi connectivity index (χ4v) is 7.12. The van der Waals surface area contributed by atoms with E-state index in [9.17, 15) is 0 Å². The normalized spacial score (nSPS) is 12.6. The summed E-state index contributed by atoms with van der Waals surface area (Å²) in [6.07, 6.45) is 5.75. The summed E-state index contributed by atoms with van der Waals surface area (Å²) in [6, 6.07) is 57.3. The van der Waals surface area contributed by atoms with Crippen molar-refractivity contribution >= 4 is 22.3 Å². The maximum Gasteiger partial charge on any atom is 0.0485 e. The molecular formula is C46H32N4. The third-order valence-corrected chi connectivity index (χ3v) is 9.43. The van der Waals surface area contributed by atoms with E-state index in [1.807, 2.05) is 12.1 Å². The monoisotopic (exact) mass is 640 g/mol. The number of benzene rings is 4. The van der Waals surface area contributed by atoms with Crippen molar-refractivity contribution in [3.63, 3.8) is 0 Å². The van der Waals surface area contributed by atoms with Crippen LogP contribution in [0.15, 0.2) is 164 Å². The molecule has 0 radical (unpaired) electrons. The minimum absolute atomic E-state index is 0.845. The zero-order chi connectivity index (χ0) is 33.4. The van der Waals surface area contributed by atoms with Gasteiger partial charge in [-0.25, -0.2) is 0 Å². The number of aromatic amines is 4. The number of terminal acetylenes is 1. The van der Waals surface area contributed by atoms with Gasteiger partial charge in [0.1, 0.15) is 0 Å². The van der Waals surface area contributed by atoms with Crippen LogP contribution in [0.4, 0.5) is 0 Å². The van der Waals surface area contributed by atoms with Gasteiger partial charge in [0.2, 0.25) is 0 Å². The molecule has 0 unspecified atom stereocenters. The Kier molecular flexibility index (Phi) is 7.15. The third kappa shape index (κ3) is 5.15. The molecule has 4 nitrogen and oxygen atoms in total. The molecule has 0 spiro atoms. The molecule has 0 aliphatic carbocycles. The largest absolute Gasteiger partial charge is 0.354 e. The summed E-state index contributed by atoms with van der Waals surface area (Å²) in [6.45, 7) is 0. The Morgan fingerprint density at radius 2 is 0.600 bits per heavy atom. The molecule has 236 valence electrons. The van der Waals surface area contributed by atoms with Crippen LogP contribution in [0.3, 0.4) is 0 Å². The first-order valence-electron chi connectivity index (χ1n) is 16.7. The molecule has 4 N–H and O–H groups in total. The Morgan fingerprint density at radius 3 is 0.900 bits per heavy atom. The predicted molar refractivity (Wildman–Crippen MR) is 202 cm³/mol. The van der Waals surface area contributed by atoms with E-state index in [-0.39, 0.29) is 0 Å². The molecule has 0 saturated carbocycles. The minimum Gasteiger partial charge on any atom is -0.354 e. The minimum atomic E-state index is 0.845. The molecule has 0 saturated heterocycles. The third-order valence-electron chi connectivity index (χ3n) is 9.43. The fraction of sp³-hybridized carbons (Fsp3) is 0. The number of hydrogen-bond acceptors (Lipinski definition) is 0. The number of rotatable bonds is 4. The lowest BCUT2D eigenvalue weighted by molar-refractivity contribution is 1.19. The zero-order valence-electron chi connectivity index (χ0n) is 27.2. The van der Waals surface area contributed by atoms with Crippen molar-refractivity contribution in [2.24, 2.45) is 0 Å². The van der Waals surface area contributed by atoms with E-state index in [1.165, 1.54) is 0 Å². The van der Waals surface area contributed by atoms with Gasteiger partial charge in [0.25, 0.3) is 0 Å². The Hall–Kier alpha value is -6.96. The number of aromatic nitrogens is 4. The molecule has 4 heteroatoms. The molecule has 4 aromatic carbocycles. The van der Waals surface area contributed by atoms with Crippen LogP contribution < -0.4 is 21.4 Å². The van der Waals surface area contributed by atoms with Crippen LogP contribution in [-0.2, 0) is 0 Å². The molecular weight excluding hydrogens is 609 g/mol. The molecule has 0 fully saturated rings. The van der Waals surface area contributed by atoms with Crippen LogP contribution >= 0.6 is 0 Å². The first-order chi connectivity index (χ1) is 24.7. The van der Waals surface area contributed by atoms with E-state index in [0.717, 1.165) is 94.3 Å². The van der Waals surface area contributed by atoms with Crippen LogP contribution in [0, 0.1) is 12.3 Å². The van der Waals surface area contributed by atoms with Gasteiger partial charge in [-0.2, -0.15) is 0 Å². The number of fused-ring (bicyclic) bond motifs is 8. The van der Waals surface area contributed by atoms with E-state index in [4.69, 9.17) is 6.42 Å². The lowest BCUT2D eigenvalue weighted by Gasteiger charge is -2.10. The van der Waals surface area contributed by atoms with Crippen LogP contribution in [0.5, 0.6) is 0 Å². The molecule has 0 amide bonds. The average Bonchev–Trinajstić information content (AvgIpc) is 4.01. The second-order valence-corrected chi connectivity index (χ2v) is 12.5. The highest BCUT2D eigenvalue weighted by Crippen LogP contribution is 2.28. The molecule has 8 bridgehead atoms. The first-order valence-corrected chi connectivity index (χ1v) is 16.7. The standard InChI is InChI=1S/C46H32N4/c1-2-30-18-20-34(21-19-30)46-41-28-26-39(49-41)44(32-14-8-4-9-15-32)37-24-22-35(47-37)43(31-12-6-3-7-13-31)36-23-25-38(48-36)45(33-16-10-5-11-17-33)40-27-29-42(46)50-40/h1,3-29,47-50H. The second kappa shape index (κ2) is 12.2. The van der Waals surface area contributed by atoms with Crippen molar-refractivity contribution in [3.8, 4) is 12.3 Å². The maximum absolute atomic E-state index is 5.75. The van der Waals surface area contributed by atoms with Gasteiger partial charge in [-0.15, -0.1) is 6.42 Å². The molecule has 1 aliphatic heterocycles. The molecule has 0 atom stereocenters. The lowest BCUT2D eigenvalue weighted by Crippen LogP contribution is -2.19. The topological polar surface area (TPSA) is 63.2 Å². The summed E-state index contributed by atoms with van der Waals surface area (Å²) >= 11 is 0. The highest BCUT2D eigenvalue weighted by Gasteiger charge is 2.18. The zero-order valence-corrected chi connectivity index (χ0v) is 27.2. The number of hydrogen-bond donors (Lipinski definition) is 4. The predicted octanol–water partition coefficient (Wildman–Crippen LogP) is 6.28. The van der Waals surface area contributed by atoms with Crippen molar-refractivity contribution in [3.05, 3.63) is 236 Å². The molecule has 5 heterocycles. The smallest absolute Gasteiger partial charge is 0.0485 e. The van der Waals surface area contributed by atoms with Crippen LogP contribution in [-0.4, -0.2) is 19.9 Å². The SMILES string of the molecule is C#Cc1ccc(C2=c3ccc([nH]3)=C(c3ccccc3)c3ccc([nH]3)C(c3ccccc3)=c3ccc([nH]3)=C(c3ccccc3)c3ccc2[nH]3)cc1. The summed E-state index contributed by atoms with van der Waals surface area (Å²) in [5, 5.41) is 4.05. The molecule has 1 aliphatic rings. The highest BCUT2D eigenvalue weighted by atomic mass is 14.8. The average molecular weight is 641 g/mol. The first kappa shape index (κ1) is 29.2. The Balaban J connectivity index is 1.43. The van der Waals surface area contributed by atoms with E-state index < -0.39 is 0 Å². The van der Waals surface area contributed by atoms with Gasteiger partial charge in [-0.3, -0.25) is 0 Å². The van der Waals surface area contributed by atoms with E-state index in [0.29, 0.717) is 0 Å². The second-order valence-electron chi connectivity index (χ2n) is 12.5. The van der Waals surface area contributed by atoms with Gasteiger partial charge >= 0.3 is 0 Å². The van der Waals surface area contributed by atoms with Gasteiger partial charge in [0.15, 0.2) is 0 Å². The van der Waals surface area contributed by atoms with Crippen LogP contribution in [0.2, 0.25) is 0 Å². The summed E-state index contributed by atoms with van der Waals surface area (Å²) in [5.74, 6) is 2.76. The lowest BCUT2D eigenvalue weighted by atomic mass is 10.0. The van der Waals surface area contributed by atoms with E-state index >= 15 is 0 Å². The highest BCUT2D eigenvalue weighted by molar-refractivity contribution is 5.84. The maximum atomic E-state index is 5.75. The van der Waals surface area contributed by atoms with Gasteiger partial charge in [-0.05, 0) is 82.9 Å². The van der Waals surface area contributed by atoms with Crippen molar-refractivity contribution in [1.82, 2.24) is 19.9 Å². The van der Waals surface area contributed by atoms with Crippen LogP contribution in [0.25, 0.3) is 22.3 Å². The van der Waals surface area contributed by atoms with Gasteiger partial charge < -0.3 is 19.9 Å². The fourth-order valence-electron chi connectivity index (χ4n) is 7.12. The van der Waals surface area contributed by atoms with Gasteiger partial charge in [0, 0.05) is 72.0 Å². The number of H-pyrrole nitrogens is 4. The number of nitrogens with one attached hydrogen (secondary N) is 4. The van der Waals surface area contributed by atoms with Crippen molar-refractivity contribution in [1.29, 1.82) is 0 Å². The molecule has 4 aromatic heterocycles. The summed E-state index contributed by atoms with van der Waals surface area (Å²) in [5.41, 5.74) is 13.6. The van der Waals surface area contributed by atoms with E-state index in [1.54, 1.807) is 0 Å². The Labute approximate surface area is 289 Å². The molecule has 8 aromatic rings. The van der Waals surface area contributed by atoms with Crippen molar-refractivity contribution in [2.75, 3.05) is 0 Å². The van der Waals surface area contributed by atoms with Gasteiger partial charge in [0.05, 0.1) is 0 Å². The van der Waals surface area contributed by atoms with Crippen LogP contribution in [0.1, 0.15) is 50.6 Å². The quantitative estimate of drug-likeness (QED) is 0.164. The summed E-state index contributed by atoms with van der Waals surface area (Å²) in [4.78, 5) is 15.3. The summed E-state index contributed by atoms with van der Waals surface area (Å²) < 4.78 is 0. The summed E-state index contributed by atoms with van der Waals surface area (Å²) in [7, 11) is 0. The van der Waals surface area contributed by atoms with Gasteiger partial charge in [-0.1, -0.05) is 109 Å².